The molecular formula is C22H21BrN2O3. The predicted molar refractivity (Wildman–Crippen MR) is 113 cm³/mol. The minimum atomic E-state index is -0.0804. The van der Waals surface area contributed by atoms with Crippen LogP contribution in [0.15, 0.2) is 65.4 Å². The van der Waals surface area contributed by atoms with Crippen molar-refractivity contribution in [2.75, 3.05) is 7.11 Å². The Morgan fingerprint density at radius 3 is 2.68 bits per heavy atom. The van der Waals surface area contributed by atoms with Crippen LogP contribution in [-0.4, -0.2) is 22.7 Å². The quantitative estimate of drug-likeness (QED) is 0.359. The number of aromatic nitrogens is 2. The Kier molecular flexibility index (Phi) is 6.66. The zero-order chi connectivity index (χ0) is 19.9. The lowest BCUT2D eigenvalue weighted by Crippen LogP contribution is -1.99. The summed E-state index contributed by atoms with van der Waals surface area (Å²) in [6, 6.07) is 13.4. The lowest BCUT2D eigenvalue weighted by atomic mass is 10.1. The third kappa shape index (κ3) is 5.10. The molecule has 0 aliphatic heterocycles. The molecule has 0 bridgehead atoms. The number of carbonyl (C=O) groups excluding carboxylic acids is 1. The van der Waals surface area contributed by atoms with Gasteiger partial charge in [0.05, 0.1) is 18.9 Å². The zero-order valence-corrected chi connectivity index (χ0v) is 17.3. The van der Waals surface area contributed by atoms with Crippen LogP contribution in [0, 0.1) is 0 Å². The van der Waals surface area contributed by atoms with Gasteiger partial charge in [-0.25, -0.2) is 0 Å². The average Bonchev–Trinajstić information content (AvgIpc) is 3.21. The average molecular weight is 441 g/mol. The fourth-order valence-corrected chi connectivity index (χ4v) is 2.90. The summed E-state index contributed by atoms with van der Waals surface area (Å²) in [5.74, 6) is 1.43. The highest BCUT2D eigenvalue weighted by Gasteiger charge is 2.07. The molecule has 3 rings (SSSR count). The number of ketones is 1. The summed E-state index contributed by atoms with van der Waals surface area (Å²) < 4.78 is 14.0. The van der Waals surface area contributed by atoms with Crippen LogP contribution in [0.25, 0.3) is 6.08 Å². The van der Waals surface area contributed by atoms with Gasteiger partial charge in [-0.05, 0) is 55.0 Å². The molecule has 0 aliphatic carbocycles. The van der Waals surface area contributed by atoms with E-state index in [0.717, 1.165) is 33.6 Å². The summed E-state index contributed by atoms with van der Waals surface area (Å²) in [7, 11) is 1.63. The maximum Gasteiger partial charge on any atom is 0.189 e. The summed E-state index contributed by atoms with van der Waals surface area (Å²) >= 11 is 3.41. The van der Waals surface area contributed by atoms with Gasteiger partial charge < -0.3 is 9.47 Å². The van der Waals surface area contributed by atoms with Crippen molar-refractivity contribution in [2.45, 2.75) is 20.1 Å². The Morgan fingerprint density at radius 2 is 2.00 bits per heavy atom. The van der Waals surface area contributed by atoms with Gasteiger partial charge >= 0.3 is 0 Å². The number of nitrogens with zero attached hydrogens (tertiary/aromatic N) is 2. The molecule has 0 spiro atoms. The number of methoxy groups -OCH3 is 1. The number of hydrogen-bond acceptors (Lipinski definition) is 4. The number of hydrogen-bond donors (Lipinski definition) is 0. The van der Waals surface area contributed by atoms with Crippen molar-refractivity contribution >= 4 is 27.8 Å². The van der Waals surface area contributed by atoms with Crippen LogP contribution < -0.4 is 9.47 Å². The Bertz CT molecular complexity index is 978. The van der Waals surface area contributed by atoms with Crippen LogP contribution in [0.3, 0.4) is 0 Å². The first kappa shape index (κ1) is 19.9. The third-order valence-electron chi connectivity index (χ3n) is 4.18. The van der Waals surface area contributed by atoms with Gasteiger partial charge in [-0.3, -0.25) is 9.48 Å². The summed E-state index contributed by atoms with van der Waals surface area (Å²) in [6.07, 6.45) is 6.67. The van der Waals surface area contributed by atoms with E-state index in [1.54, 1.807) is 36.3 Å². The van der Waals surface area contributed by atoms with Crippen molar-refractivity contribution in [1.29, 1.82) is 0 Å². The van der Waals surface area contributed by atoms with Crippen LogP contribution in [0.2, 0.25) is 0 Å². The minimum Gasteiger partial charge on any atom is -0.496 e. The van der Waals surface area contributed by atoms with Gasteiger partial charge in [0.15, 0.2) is 5.78 Å². The first-order chi connectivity index (χ1) is 13.6. The van der Waals surface area contributed by atoms with Crippen molar-refractivity contribution in [3.8, 4) is 11.5 Å². The van der Waals surface area contributed by atoms with Crippen molar-refractivity contribution in [2.24, 2.45) is 0 Å². The van der Waals surface area contributed by atoms with Gasteiger partial charge in [0.25, 0.3) is 0 Å². The normalized spacial score (nSPS) is 11.0. The second-order valence-corrected chi connectivity index (χ2v) is 7.01. The van der Waals surface area contributed by atoms with Crippen LogP contribution in [0.4, 0.5) is 0 Å². The SMILES string of the molecule is CCn1cc(C(=O)/C=C/c2ccc(OC)c(COc3ccc(Br)cc3)c2)cn1. The van der Waals surface area contributed by atoms with Crippen LogP contribution in [-0.2, 0) is 13.2 Å². The smallest absolute Gasteiger partial charge is 0.189 e. The number of benzene rings is 2. The lowest BCUT2D eigenvalue weighted by molar-refractivity contribution is 0.104. The third-order valence-corrected chi connectivity index (χ3v) is 4.71. The molecule has 3 aromatic rings. The molecule has 2 aromatic carbocycles. The van der Waals surface area contributed by atoms with E-state index in [9.17, 15) is 4.79 Å². The summed E-state index contributed by atoms with van der Waals surface area (Å²) in [6.45, 7) is 3.08. The number of allylic oxidation sites excluding steroid dienone is 1. The second kappa shape index (κ2) is 9.37. The molecule has 6 heteroatoms. The minimum absolute atomic E-state index is 0.0804. The topological polar surface area (TPSA) is 53.4 Å². The number of halogens is 1. The van der Waals surface area contributed by atoms with Gasteiger partial charge in [0, 0.05) is 22.8 Å². The highest BCUT2D eigenvalue weighted by atomic mass is 79.9. The maximum atomic E-state index is 12.3. The summed E-state index contributed by atoms with van der Waals surface area (Å²) in [4.78, 5) is 12.3. The molecule has 0 atom stereocenters. The van der Waals surface area contributed by atoms with Gasteiger partial charge in [-0.15, -0.1) is 0 Å². The van der Waals surface area contributed by atoms with E-state index in [0.29, 0.717) is 12.2 Å². The molecule has 0 radical (unpaired) electrons. The van der Waals surface area contributed by atoms with E-state index in [2.05, 4.69) is 21.0 Å². The molecule has 0 saturated heterocycles. The first-order valence-corrected chi connectivity index (χ1v) is 9.68. The molecule has 28 heavy (non-hydrogen) atoms. The predicted octanol–water partition coefficient (Wildman–Crippen LogP) is 5.15. The largest absolute Gasteiger partial charge is 0.496 e. The Labute approximate surface area is 172 Å². The zero-order valence-electron chi connectivity index (χ0n) is 15.8. The van der Waals surface area contributed by atoms with Gasteiger partial charge in [-0.2, -0.15) is 5.10 Å². The van der Waals surface area contributed by atoms with Gasteiger partial charge in [-0.1, -0.05) is 28.1 Å². The molecule has 5 nitrogen and oxygen atoms in total. The number of carbonyl (C=O) groups is 1. The number of ether oxygens (including phenoxy) is 2. The van der Waals surface area contributed by atoms with Crippen LogP contribution in [0.5, 0.6) is 11.5 Å². The van der Waals surface area contributed by atoms with Crippen LogP contribution >= 0.6 is 15.9 Å². The molecule has 0 unspecified atom stereocenters. The second-order valence-electron chi connectivity index (χ2n) is 6.10. The summed E-state index contributed by atoms with van der Waals surface area (Å²) in [5.41, 5.74) is 2.37. The highest BCUT2D eigenvalue weighted by molar-refractivity contribution is 9.10. The molecular weight excluding hydrogens is 420 g/mol. The van der Waals surface area contributed by atoms with Crippen molar-refractivity contribution < 1.29 is 14.3 Å². The molecule has 144 valence electrons. The van der Waals surface area contributed by atoms with Crippen molar-refractivity contribution in [3.05, 3.63) is 82.1 Å². The Hall–Kier alpha value is -2.86. The van der Waals surface area contributed by atoms with E-state index >= 15 is 0 Å². The van der Waals surface area contributed by atoms with E-state index < -0.39 is 0 Å². The fourth-order valence-electron chi connectivity index (χ4n) is 2.64. The van der Waals surface area contributed by atoms with Crippen LogP contribution in [0.1, 0.15) is 28.4 Å². The monoisotopic (exact) mass is 440 g/mol. The standard InChI is InChI=1S/C22H21BrN2O3/c1-3-25-14-18(13-24-25)21(26)10-4-16-5-11-22(27-2)17(12-16)15-28-20-8-6-19(23)7-9-20/h4-14H,3,15H2,1-2H3/b10-4+. The van der Waals surface area contributed by atoms with E-state index in [-0.39, 0.29) is 5.78 Å². The summed E-state index contributed by atoms with van der Waals surface area (Å²) in [5, 5.41) is 4.13. The molecule has 0 fully saturated rings. The lowest BCUT2D eigenvalue weighted by Gasteiger charge is -2.11. The van der Waals surface area contributed by atoms with Crippen molar-refractivity contribution in [3.63, 3.8) is 0 Å². The molecule has 1 heterocycles. The molecule has 0 N–H and O–H groups in total. The Morgan fingerprint density at radius 1 is 1.21 bits per heavy atom. The van der Waals surface area contributed by atoms with Crippen molar-refractivity contribution in [1.82, 2.24) is 9.78 Å². The first-order valence-electron chi connectivity index (χ1n) is 8.89. The van der Waals surface area contributed by atoms with E-state index in [4.69, 9.17) is 9.47 Å². The number of rotatable bonds is 8. The number of aryl methyl sites for hydroxylation is 1. The molecule has 0 aliphatic rings. The highest BCUT2D eigenvalue weighted by Crippen LogP contribution is 2.24. The fraction of sp³-hybridized carbons (Fsp3) is 0.182. The molecule has 1 aromatic heterocycles. The van der Waals surface area contributed by atoms with E-state index in [1.165, 1.54) is 0 Å². The van der Waals surface area contributed by atoms with Gasteiger partial charge in [0.1, 0.15) is 18.1 Å². The molecule has 0 amide bonds. The Balaban J connectivity index is 1.72. The maximum absolute atomic E-state index is 12.3. The molecule has 0 saturated carbocycles. The van der Waals surface area contributed by atoms with Gasteiger partial charge in [0.2, 0.25) is 0 Å². The van der Waals surface area contributed by atoms with E-state index in [1.807, 2.05) is 49.4 Å².